The summed E-state index contributed by atoms with van der Waals surface area (Å²) in [6.07, 6.45) is 0.882. The van der Waals surface area contributed by atoms with E-state index < -0.39 is 0 Å². The van der Waals surface area contributed by atoms with Gasteiger partial charge in [-0.05, 0) is 37.1 Å². The number of anilines is 2. The second kappa shape index (κ2) is 7.62. The molecule has 1 aliphatic rings. The summed E-state index contributed by atoms with van der Waals surface area (Å²) in [4.78, 5) is 36.2. The van der Waals surface area contributed by atoms with E-state index in [4.69, 9.17) is 0 Å². The molecule has 1 aromatic carbocycles. The van der Waals surface area contributed by atoms with Gasteiger partial charge in [0.1, 0.15) is 0 Å². The SMILES string of the molecule is COC(=O)N1CCC(C(=O)Nc2ccc(NC(C)=O)cc2)CC1. The lowest BCUT2D eigenvalue weighted by molar-refractivity contribution is -0.121. The molecule has 0 aromatic heterocycles. The van der Waals surface area contributed by atoms with Crippen LogP contribution in [0.4, 0.5) is 16.2 Å². The number of ether oxygens (including phenoxy) is 1. The molecule has 1 aromatic rings. The molecule has 124 valence electrons. The second-order valence-electron chi connectivity index (χ2n) is 5.48. The van der Waals surface area contributed by atoms with Crippen molar-refractivity contribution in [3.8, 4) is 0 Å². The maximum absolute atomic E-state index is 12.3. The van der Waals surface area contributed by atoms with Crippen molar-refractivity contribution in [1.82, 2.24) is 4.90 Å². The van der Waals surface area contributed by atoms with E-state index >= 15 is 0 Å². The van der Waals surface area contributed by atoms with Crippen LogP contribution in [0.5, 0.6) is 0 Å². The number of rotatable bonds is 3. The highest BCUT2D eigenvalue weighted by Gasteiger charge is 2.27. The standard InChI is InChI=1S/C16H21N3O4/c1-11(20)17-13-3-5-14(6-4-13)18-15(21)12-7-9-19(10-8-12)16(22)23-2/h3-6,12H,7-10H2,1-2H3,(H,17,20)(H,18,21). The molecule has 7 heteroatoms. The van der Waals surface area contributed by atoms with Crippen molar-refractivity contribution >= 4 is 29.3 Å². The third-order valence-electron chi connectivity index (χ3n) is 3.77. The molecule has 0 saturated carbocycles. The van der Waals surface area contributed by atoms with Crippen LogP contribution in [0.15, 0.2) is 24.3 Å². The van der Waals surface area contributed by atoms with Crippen molar-refractivity contribution in [2.75, 3.05) is 30.8 Å². The average molecular weight is 319 g/mol. The normalized spacial score (nSPS) is 15.0. The monoisotopic (exact) mass is 319 g/mol. The lowest BCUT2D eigenvalue weighted by Crippen LogP contribution is -2.41. The number of piperidine rings is 1. The zero-order chi connectivity index (χ0) is 16.8. The van der Waals surface area contributed by atoms with Crippen molar-refractivity contribution in [1.29, 1.82) is 0 Å². The fourth-order valence-electron chi connectivity index (χ4n) is 2.54. The molecule has 0 unspecified atom stereocenters. The Balaban J connectivity index is 1.85. The molecule has 1 saturated heterocycles. The topological polar surface area (TPSA) is 87.7 Å². The highest BCUT2D eigenvalue weighted by Crippen LogP contribution is 2.21. The summed E-state index contributed by atoms with van der Waals surface area (Å²) in [5.74, 6) is -0.313. The maximum Gasteiger partial charge on any atom is 0.409 e. The molecule has 1 heterocycles. The summed E-state index contributed by atoms with van der Waals surface area (Å²) in [7, 11) is 1.35. The van der Waals surface area contributed by atoms with Crippen molar-refractivity contribution in [3.63, 3.8) is 0 Å². The number of hydrogen-bond acceptors (Lipinski definition) is 4. The number of carbonyl (C=O) groups excluding carboxylic acids is 3. The van der Waals surface area contributed by atoms with Crippen molar-refractivity contribution < 1.29 is 19.1 Å². The Bertz CT molecular complexity index is 577. The Morgan fingerprint density at radius 1 is 1.04 bits per heavy atom. The van der Waals surface area contributed by atoms with Crippen molar-refractivity contribution in [3.05, 3.63) is 24.3 Å². The third-order valence-corrected chi connectivity index (χ3v) is 3.77. The zero-order valence-corrected chi connectivity index (χ0v) is 13.3. The van der Waals surface area contributed by atoms with Crippen LogP contribution < -0.4 is 10.6 Å². The lowest BCUT2D eigenvalue weighted by Gasteiger charge is -2.30. The van der Waals surface area contributed by atoms with Crippen LogP contribution in [0.1, 0.15) is 19.8 Å². The van der Waals surface area contributed by atoms with Gasteiger partial charge in [-0.25, -0.2) is 4.79 Å². The lowest BCUT2D eigenvalue weighted by atomic mass is 9.96. The molecule has 0 radical (unpaired) electrons. The van der Waals surface area contributed by atoms with E-state index in [2.05, 4.69) is 15.4 Å². The first-order valence-corrected chi connectivity index (χ1v) is 7.51. The zero-order valence-electron chi connectivity index (χ0n) is 13.3. The van der Waals surface area contributed by atoms with Gasteiger partial charge in [0, 0.05) is 37.3 Å². The van der Waals surface area contributed by atoms with Gasteiger partial charge in [0.2, 0.25) is 11.8 Å². The van der Waals surface area contributed by atoms with Crippen LogP contribution in [0.3, 0.4) is 0 Å². The van der Waals surface area contributed by atoms with Gasteiger partial charge in [-0.15, -0.1) is 0 Å². The van der Waals surface area contributed by atoms with E-state index in [0.717, 1.165) is 0 Å². The highest BCUT2D eigenvalue weighted by molar-refractivity contribution is 5.93. The number of nitrogens with zero attached hydrogens (tertiary/aromatic N) is 1. The summed E-state index contributed by atoms with van der Waals surface area (Å²) < 4.78 is 4.68. The maximum atomic E-state index is 12.3. The van der Waals surface area contributed by atoms with Gasteiger partial charge in [-0.2, -0.15) is 0 Å². The predicted molar refractivity (Wildman–Crippen MR) is 86.1 cm³/mol. The number of methoxy groups -OCH3 is 1. The van der Waals surface area contributed by atoms with E-state index in [1.807, 2.05) is 0 Å². The van der Waals surface area contributed by atoms with Crippen LogP contribution in [-0.2, 0) is 14.3 Å². The van der Waals surface area contributed by atoms with Crippen LogP contribution in [0, 0.1) is 5.92 Å². The minimum atomic E-state index is -0.350. The Kier molecular flexibility index (Phi) is 5.56. The van der Waals surface area contributed by atoms with Crippen LogP contribution in [0.25, 0.3) is 0 Å². The Morgan fingerprint density at radius 2 is 1.57 bits per heavy atom. The fourth-order valence-corrected chi connectivity index (χ4v) is 2.54. The van der Waals surface area contributed by atoms with Crippen LogP contribution in [-0.4, -0.2) is 43.0 Å². The molecule has 0 atom stereocenters. The van der Waals surface area contributed by atoms with Gasteiger partial charge in [0.15, 0.2) is 0 Å². The van der Waals surface area contributed by atoms with Crippen molar-refractivity contribution in [2.24, 2.45) is 5.92 Å². The van der Waals surface area contributed by atoms with Gasteiger partial charge in [-0.1, -0.05) is 0 Å². The van der Waals surface area contributed by atoms with Crippen molar-refractivity contribution in [2.45, 2.75) is 19.8 Å². The van der Waals surface area contributed by atoms with Gasteiger partial charge >= 0.3 is 6.09 Å². The first-order chi connectivity index (χ1) is 11.0. The number of amides is 3. The number of likely N-dealkylation sites (tertiary alicyclic amines) is 1. The van der Waals surface area contributed by atoms with Gasteiger partial charge in [-0.3, -0.25) is 9.59 Å². The second-order valence-corrected chi connectivity index (χ2v) is 5.48. The molecular formula is C16H21N3O4. The first kappa shape index (κ1) is 16.8. The Hall–Kier alpha value is -2.57. The van der Waals surface area contributed by atoms with E-state index in [0.29, 0.717) is 37.3 Å². The van der Waals surface area contributed by atoms with Gasteiger partial charge < -0.3 is 20.3 Å². The molecule has 0 aliphatic carbocycles. The number of benzene rings is 1. The molecule has 0 bridgehead atoms. The number of carbonyl (C=O) groups is 3. The smallest absolute Gasteiger partial charge is 0.409 e. The summed E-state index contributed by atoms with van der Waals surface area (Å²) in [6, 6.07) is 6.95. The summed E-state index contributed by atoms with van der Waals surface area (Å²) in [6.45, 7) is 2.48. The minimum Gasteiger partial charge on any atom is -0.453 e. The Labute approximate surface area is 135 Å². The van der Waals surface area contributed by atoms with Crippen LogP contribution >= 0.6 is 0 Å². The average Bonchev–Trinajstić information content (AvgIpc) is 2.55. The van der Waals surface area contributed by atoms with Gasteiger partial charge in [0.25, 0.3) is 0 Å². The van der Waals surface area contributed by atoms with E-state index in [1.54, 1.807) is 29.2 Å². The molecule has 2 rings (SSSR count). The van der Waals surface area contributed by atoms with E-state index in [1.165, 1.54) is 14.0 Å². The predicted octanol–water partition coefficient (Wildman–Crippen LogP) is 2.06. The quantitative estimate of drug-likeness (QED) is 0.892. The molecule has 1 fully saturated rings. The van der Waals surface area contributed by atoms with Gasteiger partial charge in [0.05, 0.1) is 7.11 Å². The Morgan fingerprint density at radius 3 is 2.04 bits per heavy atom. The summed E-state index contributed by atoms with van der Waals surface area (Å²) in [5.41, 5.74) is 1.36. The minimum absolute atomic E-state index is 0.0539. The summed E-state index contributed by atoms with van der Waals surface area (Å²) in [5, 5.41) is 5.53. The molecule has 3 amide bonds. The molecule has 2 N–H and O–H groups in total. The van der Waals surface area contributed by atoms with Crippen LogP contribution in [0.2, 0.25) is 0 Å². The largest absolute Gasteiger partial charge is 0.453 e. The summed E-state index contributed by atoms with van der Waals surface area (Å²) >= 11 is 0. The fraction of sp³-hybridized carbons (Fsp3) is 0.438. The first-order valence-electron chi connectivity index (χ1n) is 7.51. The third kappa shape index (κ3) is 4.70. The van der Waals surface area contributed by atoms with E-state index in [9.17, 15) is 14.4 Å². The number of hydrogen-bond donors (Lipinski definition) is 2. The van der Waals surface area contributed by atoms with E-state index in [-0.39, 0.29) is 23.8 Å². The number of nitrogens with one attached hydrogen (secondary N) is 2. The molecule has 0 spiro atoms. The highest BCUT2D eigenvalue weighted by atomic mass is 16.5. The molecular weight excluding hydrogens is 298 g/mol. The molecule has 23 heavy (non-hydrogen) atoms. The molecule has 1 aliphatic heterocycles. The molecule has 7 nitrogen and oxygen atoms in total.